The Hall–Kier alpha value is -0.900. The van der Waals surface area contributed by atoms with E-state index >= 15 is 0 Å². The highest BCUT2D eigenvalue weighted by Crippen LogP contribution is 2.22. The number of hydrogen-bond acceptors (Lipinski definition) is 3. The molecule has 1 N–H and O–H groups in total. The second-order valence-electron chi connectivity index (χ2n) is 6.21. The Labute approximate surface area is 130 Å². The molecule has 1 heterocycles. The van der Waals surface area contributed by atoms with Gasteiger partial charge in [0.1, 0.15) is 0 Å². The van der Waals surface area contributed by atoms with Gasteiger partial charge in [-0.3, -0.25) is 4.90 Å². The van der Waals surface area contributed by atoms with Crippen LogP contribution in [-0.2, 0) is 6.42 Å². The van der Waals surface area contributed by atoms with Crippen LogP contribution in [-0.4, -0.2) is 55.6 Å². The third-order valence-electron chi connectivity index (χ3n) is 4.77. The van der Waals surface area contributed by atoms with Gasteiger partial charge >= 0.3 is 0 Å². The highest BCUT2D eigenvalue weighted by molar-refractivity contribution is 5.26. The lowest BCUT2D eigenvalue weighted by atomic mass is 9.97. The summed E-state index contributed by atoms with van der Waals surface area (Å²) in [6, 6.07) is 10.1. The molecule has 0 spiro atoms. The monoisotopic (exact) mass is 289 g/mol. The fourth-order valence-corrected chi connectivity index (χ4v) is 3.19. The highest BCUT2D eigenvalue weighted by atomic mass is 15.3. The van der Waals surface area contributed by atoms with E-state index in [0.717, 1.165) is 13.0 Å². The van der Waals surface area contributed by atoms with Gasteiger partial charge in [0.2, 0.25) is 0 Å². The standard InChI is InChI=1S/C18H31N3/c1-5-16-7-9-17(10-8-16)18(19-6-2)15(3)21-13-11-20(4)12-14-21/h7-10,15,18-19H,5-6,11-14H2,1-4H3. The molecule has 1 saturated heterocycles. The number of piperazine rings is 1. The summed E-state index contributed by atoms with van der Waals surface area (Å²) >= 11 is 0. The number of nitrogens with zero attached hydrogens (tertiary/aromatic N) is 2. The van der Waals surface area contributed by atoms with Crippen LogP contribution in [0, 0.1) is 0 Å². The predicted molar refractivity (Wildman–Crippen MR) is 90.8 cm³/mol. The molecular formula is C18H31N3. The minimum Gasteiger partial charge on any atom is -0.309 e. The van der Waals surface area contributed by atoms with Crippen LogP contribution >= 0.6 is 0 Å². The van der Waals surface area contributed by atoms with E-state index < -0.39 is 0 Å². The number of hydrogen-bond donors (Lipinski definition) is 1. The minimum absolute atomic E-state index is 0.421. The molecular weight excluding hydrogens is 258 g/mol. The first-order valence-electron chi connectivity index (χ1n) is 8.40. The fourth-order valence-electron chi connectivity index (χ4n) is 3.19. The van der Waals surface area contributed by atoms with Crippen molar-refractivity contribution in [2.75, 3.05) is 39.8 Å². The molecule has 2 atom stereocenters. The van der Waals surface area contributed by atoms with Crippen molar-refractivity contribution in [3.8, 4) is 0 Å². The van der Waals surface area contributed by atoms with E-state index in [2.05, 4.69) is 67.2 Å². The van der Waals surface area contributed by atoms with Crippen LogP contribution in [0.15, 0.2) is 24.3 Å². The molecule has 0 amide bonds. The smallest absolute Gasteiger partial charge is 0.0475 e. The Bertz CT molecular complexity index is 407. The van der Waals surface area contributed by atoms with Crippen molar-refractivity contribution < 1.29 is 0 Å². The summed E-state index contributed by atoms with van der Waals surface area (Å²) < 4.78 is 0. The predicted octanol–water partition coefficient (Wildman–Crippen LogP) is 2.54. The van der Waals surface area contributed by atoms with Crippen LogP contribution in [0.2, 0.25) is 0 Å². The van der Waals surface area contributed by atoms with Crippen molar-refractivity contribution in [2.45, 2.75) is 39.3 Å². The molecule has 21 heavy (non-hydrogen) atoms. The van der Waals surface area contributed by atoms with E-state index in [1.807, 2.05) is 0 Å². The number of rotatable bonds is 6. The quantitative estimate of drug-likeness (QED) is 0.868. The lowest BCUT2D eigenvalue weighted by molar-refractivity contribution is 0.0991. The second kappa shape index (κ2) is 7.92. The zero-order chi connectivity index (χ0) is 15.2. The second-order valence-corrected chi connectivity index (χ2v) is 6.21. The van der Waals surface area contributed by atoms with Gasteiger partial charge in [-0.2, -0.15) is 0 Å². The van der Waals surface area contributed by atoms with Crippen LogP contribution in [0.5, 0.6) is 0 Å². The number of nitrogens with one attached hydrogen (secondary N) is 1. The van der Waals surface area contributed by atoms with Gasteiger partial charge in [0.25, 0.3) is 0 Å². The van der Waals surface area contributed by atoms with Crippen molar-refractivity contribution in [2.24, 2.45) is 0 Å². The van der Waals surface area contributed by atoms with E-state index in [1.54, 1.807) is 0 Å². The molecule has 118 valence electrons. The summed E-state index contributed by atoms with van der Waals surface area (Å²) in [5.41, 5.74) is 2.83. The molecule has 0 radical (unpaired) electrons. The molecule has 0 aliphatic carbocycles. The van der Waals surface area contributed by atoms with Gasteiger partial charge in [-0.15, -0.1) is 0 Å². The van der Waals surface area contributed by atoms with Gasteiger partial charge in [-0.25, -0.2) is 0 Å². The van der Waals surface area contributed by atoms with E-state index in [-0.39, 0.29) is 0 Å². The Kier molecular flexibility index (Phi) is 6.22. The first-order valence-corrected chi connectivity index (χ1v) is 8.40. The number of aryl methyl sites for hydroxylation is 1. The van der Waals surface area contributed by atoms with E-state index in [9.17, 15) is 0 Å². The lowest BCUT2D eigenvalue weighted by Gasteiger charge is -2.40. The molecule has 0 saturated carbocycles. The molecule has 1 aromatic rings. The van der Waals surface area contributed by atoms with Gasteiger partial charge < -0.3 is 10.2 Å². The molecule has 3 nitrogen and oxygen atoms in total. The SMILES string of the molecule is CCNC(c1ccc(CC)cc1)C(C)N1CCN(C)CC1. The third-order valence-corrected chi connectivity index (χ3v) is 4.77. The summed E-state index contributed by atoms with van der Waals surface area (Å²) in [5, 5.41) is 3.69. The van der Waals surface area contributed by atoms with Crippen molar-refractivity contribution in [1.29, 1.82) is 0 Å². The Morgan fingerprint density at radius 2 is 1.67 bits per heavy atom. The number of likely N-dealkylation sites (N-methyl/N-ethyl adjacent to an activating group) is 2. The van der Waals surface area contributed by atoms with Crippen molar-refractivity contribution in [1.82, 2.24) is 15.1 Å². The van der Waals surface area contributed by atoms with Crippen molar-refractivity contribution in [3.63, 3.8) is 0 Å². The van der Waals surface area contributed by atoms with Gasteiger partial charge in [0.15, 0.2) is 0 Å². The van der Waals surface area contributed by atoms with Crippen LogP contribution in [0.3, 0.4) is 0 Å². The maximum Gasteiger partial charge on any atom is 0.0475 e. The molecule has 1 fully saturated rings. The number of benzene rings is 1. The topological polar surface area (TPSA) is 18.5 Å². The summed E-state index contributed by atoms with van der Waals surface area (Å²) in [6.45, 7) is 12.5. The van der Waals surface area contributed by atoms with Crippen LogP contribution in [0.4, 0.5) is 0 Å². The molecule has 1 aliphatic heterocycles. The molecule has 1 aromatic carbocycles. The van der Waals surface area contributed by atoms with Crippen LogP contribution in [0.25, 0.3) is 0 Å². The Morgan fingerprint density at radius 3 is 2.19 bits per heavy atom. The van der Waals surface area contributed by atoms with Crippen molar-refractivity contribution in [3.05, 3.63) is 35.4 Å². The average molecular weight is 289 g/mol. The molecule has 1 aliphatic rings. The van der Waals surface area contributed by atoms with E-state index in [4.69, 9.17) is 0 Å². The van der Waals surface area contributed by atoms with Gasteiger partial charge in [0, 0.05) is 38.3 Å². The zero-order valence-electron chi connectivity index (χ0n) is 14.1. The normalized spacial score (nSPS) is 20.4. The third kappa shape index (κ3) is 4.29. The highest BCUT2D eigenvalue weighted by Gasteiger charge is 2.26. The molecule has 2 unspecified atom stereocenters. The van der Waals surface area contributed by atoms with Crippen LogP contribution < -0.4 is 5.32 Å². The van der Waals surface area contributed by atoms with Gasteiger partial charge in [0.05, 0.1) is 0 Å². The summed E-state index contributed by atoms with van der Waals surface area (Å²) in [4.78, 5) is 5.04. The minimum atomic E-state index is 0.421. The largest absolute Gasteiger partial charge is 0.309 e. The summed E-state index contributed by atoms with van der Waals surface area (Å²) in [7, 11) is 2.22. The Morgan fingerprint density at radius 1 is 1.05 bits per heavy atom. The van der Waals surface area contributed by atoms with Crippen molar-refractivity contribution >= 4 is 0 Å². The first kappa shape index (κ1) is 16.5. The molecule has 0 bridgehead atoms. The van der Waals surface area contributed by atoms with Gasteiger partial charge in [-0.1, -0.05) is 38.1 Å². The summed E-state index contributed by atoms with van der Waals surface area (Å²) in [6.07, 6.45) is 1.11. The van der Waals surface area contributed by atoms with E-state index in [1.165, 1.54) is 37.3 Å². The van der Waals surface area contributed by atoms with E-state index in [0.29, 0.717) is 12.1 Å². The fraction of sp³-hybridized carbons (Fsp3) is 0.667. The molecule has 0 aromatic heterocycles. The summed E-state index contributed by atoms with van der Waals surface area (Å²) in [5.74, 6) is 0. The molecule has 3 heteroatoms. The average Bonchev–Trinajstić information content (AvgIpc) is 2.53. The lowest BCUT2D eigenvalue weighted by Crippen LogP contribution is -2.51. The maximum absolute atomic E-state index is 3.69. The van der Waals surface area contributed by atoms with Crippen LogP contribution in [0.1, 0.15) is 37.9 Å². The maximum atomic E-state index is 3.69. The zero-order valence-corrected chi connectivity index (χ0v) is 14.1. The first-order chi connectivity index (χ1) is 10.2. The Balaban J connectivity index is 2.09. The van der Waals surface area contributed by atoms with Gasteiger partial charge in [-0.05, 0) is 38.1 Å². The molecule has 2 rings (SSSR count).